The maximum absolute atomic E-state index is 12.7. The summed E-state index contributed by atoms with van der Waals surface area (Å²) in [5.74, 6) is 0.692. The van der Waals surface area contributed by atoms with Crippen molar-refractivity contribution in [2.75, 3.05) is 26.2 Å². The van der Waals surface area contributed by atoms with Gasteiger partial charge in [0.15, 0.2) is 5.03 Å². The van der Waals surface area contributed by atoms with E-state index in [2.05, 4.69) is 14.9 Å². The molecule has 0 radical (unpaired) electrons. The molecule has 24 heavy (non-hydrogen) atoms. The lowest BCUT2D eigenvalue weighted by Crippen LogP contribution is -2.48. The monoisotopic (exact) mass is 349 g/mol. The van der Waals surface area contributed by atoms with Crippen molar-refractivity contribution >= 4 is 10.0 Å². The fourth-order valence-electron chi connectivity index (χ4n) is 2.81. The summed E-state index contributed by atoms with van der Waals surface area (Å²) in [6.07, 6.45) is 3.38. The Labute approximate surface area is 143 Å². The van der Waals surface area contributed by atoms with Gasteiger partial charge in [-0.25, -0.2) is 13.4 Å². The molecule has 2 aromatic rings. The zero-order valence-electron chi connectivity index (χ0n) is 14.3. The third-order valence-electron chi connectivity index (χ3n) is 4.51. The number of hydrogen-bond acceptors (Lipinski definition) is 5. The summed E-state index contributed by atoms with van der Waals surface area (Å²) in [6.45, 7) is 6.94. The molecule has 0 aromatic carbocycles. The van der Waals surface area contributed by atoms with Crippen LogP contribution in [0.4, 0.5) is 0 Å². The topological polar surface area (TPSA) is 71.3 Å². The number of piperazine rings is 1. The molecule has 0 saturated carbocycles. The molecule has 0 aliphatic carbocycles. The number of aromatic nitrogens is 3. The van der Waals surface area contributed by atoms with Crippen molar-refractivity contribution < 1.29 is 8.42 Å². The van der Waals surface area contributed by atoms with Crippen molar-refractivity contribution in [2.45, 2.75) is 25.4 Å². The van der Waals surface area contributed by atoms with Crippen molar-refractivity contribution in [3.05, 3.63) is 41.6 Å². The first-order valence-corrected chi connectivity index (χ1v) is 9.45. The number of pyridine rings is 1. The van der Waals surface area contributed by atoms with E-state index in [0.29, 0.717) is 32.0 Å². The van der Waals surface area contributed by atoms with E-state index in [9.17, 15) is 8.42 Å². The lowest BCUT2D eigenvalue weighted by molar-refractivity contribution is 0.179. The number of imidazole rings is 1. The Morgan fingerprint density at radius 2 is 1.88 bits per heavy atom. The fourth-order valence-corrected chi connectivity index (χ4v) is 4.25. The highest BCUT2D eigenvalue weighted by molar-refractivity contribution is 7.89. The van der Waals surface area contributed by atoms with Crippen molar-refractivity contribution in [1.29, 1.82) is 0 Å². The molecule has 1 fully saturated rings. The molecule has 0 amide bonds. The number of aryl methyl sites for hydroxylation is 3. The molecular formula is C16H23N5O2S. The molecule has 0 N–H and O–H groups in total. The molecule has 0 atom stereocenters. The maximum Gasteiger partial charge on any atom is 0.262 e. The number of hydrogen-bond donors (Lipinski definition) is 0. The normalized spacial score (nSPS) is 17.3. The summed E-state index contributed by atoms with van der Waals surface area (Å²) in [4.78, 5) is 10.8. The molecule has 130 valence electrons. The second-order valence-electron chi connectivity index (χ2n) is 6.18. The lowest BCUT2D eigenvalue weighted by Gasteiger charge is -2.33. The summed E-state index contributed by atoms with van der Waals surface area (Å²) in [7, 11) is -1.71. The quantitative estimate of drug-likeness (QED) is 0.821. The lowest BCUT2D eigenvalue weighted by atomic mass is 10.2. The van der Waals surface area contributed by atoms with Crippen molar-refractivity contribution in [3.8, 4) is 0 Å². The second-order valence-corrected chi connectivity index (χ2v) is 8.07. The van der Waals surface area contributed by atoms with Crippen LogP contribution in [0.15, 0.2) is 29.6 Å². The summed E-state index contributed by atoms with van der Waals surface area (Å²) >= 11 is 0. The number of rotatable bonds is 4. The van der Waals surface area contributed by atoms with Gasteiger partial charge in [-0.05, 0) is 25.5 Å². The predicted octanol–water partition coefficient (Wildman–Crippen LogP) is 0.938. The van der Waals surface area contributed by atoms with Gasteiger partial charge in [0.05, 0.1) is 5.69 Å². The zero-order valence-corrected chi connectivity index (χ0v) is 15.1. The highest BCUT2D eigenvalue weighted by Gasteiger charge is 2.30. The first kappa shape index (κ1) is 17.1. The third kappa shape index (κ3) is 3.35. The Hall–Kier alpha value is -1.77. The van der Waals surface area contributed by atoms with Gasteiger partial charge in [-0.15, -0.1) is 0 Å². The molecule has 3 rings (SSSR count). The van der Waals surface area contributed by atoms with Crippen molar-refractivity contribution in [2.24, 2.45) is 7.05 Å². The van der Waals surface area contributed by atoms with E-state index < -0.39 is 10.0 Å². The van der Waals surface area contributed by atoms with Crippen LogP contribution in [-0.2, 0) is 23.6 Å². The highest BCUT2D eigenvalue weighted by atomic mass is 32.2. The van der Waals surface area contributed by atoms with Crippen molar-refractivity contribution in [1.82, 2.24) is 23.7 Å². The van der Waals surface area contributed by atoms with Crippen LogP contribution in [0, 0.1) is 13.8 Å². The van der Waals surface area contributed by atoms with E-state index in [4.69, 9.17) is 0 Å². The molecule has 0 unspecified atom stereocenters. The average molecular weight is 349 g/mol. The molecule has 1 aliphatic heterocycles. The molecule has 0 spiro atoms. The summed E-state index contributed by atoms with van der Waals surface area (Å²) in [5.41, 5.74) is 2.21. The molecule has 3 heterocycles. The van der Waals surface area contributed by atoms with E-state index in [-0.39, 0.29) is 5.03 Å². The van der Waals surface area contributed by atoms with Gasteiger partial charge in [-0.3, -0.25) is 9.88 Å². The van der Waals surface area contributed by atoms with Crippen LogP contribution in [0.25, 0.3) is 0 Å². The summed E-state index contributed by atoms with van der Waals surface area (Å²) < 4.78 is 28.6. The molecular weight excluding hydrogens is 326 g/mol. The van der Waals surface area contributed by atoms with E-state index in [0.717, 1.165) is 17.8 Å². The van der Waals surface area contributed by atoms with Gasteiger partial charge in [-0.1, -0.05) is 6.07 Å². The minimum absolute atomic E-state index is 0.136. The second kappa shape index (κ2) is 6.62. The Balaban J connectivity index is 1.65. The summed E-state index contributed by atoms with van der Waals surface area (Å²) in [6, 6.07) is 3.98. The van der Waals surface area contributed by atoms with Crippen LogP contribution in [0.3, 0.4) is 0 Å². The van der Waals surface area contributed by atoms with E-state index in [1.54, 1.807) is 30.9 Å². The molecule has 1 aliphatic rings. The molecule has 0 bridgehead atoms. The van der Waals surface area contributed by atoms with Gasteiger partial charge >= 0.3 is 0 Å². The molecule has 2 aromatic heterocycles. The molecule has 1 saturated heterocycles. The van der Waals surface area contributed by atoms with Gasteiger partial charge in [0.2, 0.25) is 0 Å². The minimum Gasteiger partial charge on any atom is -0.337 e. The largest absolute Gasteiger partial charge is 0.337 e. The first-order chi connectivity index (χ1) is 11.4. The first-order valence-electron chi connectivity index (χ1n) is 8.01. The van der Waals surface area contributed by atoms with Crippen LogP contribution in [-0.4, -0.2) is 58.3 Å². The maximum atomic E-state index is 12.7. The highest BCUT2D eigenvalue weighted by Crippen LogP contribution is 2.18. The van der Waals surface area contributed by atoms with E-state index in [1.165, 1.54) is 4.31 Å². The van der Waals surface area contributed by atoms with E-state index in [1.807, 2.05) is 19.1 Å². The smallest absolute Gasteiger partial charge is 0.262 e. The SMILES string of the molecule is Cc1cccnc1CN1CCN(S(=O)(=O)c2cn(C)c(C)n2)CC1. The number of sulfonamides is 1. The van der Waals surface area contributed by atoms with Gasteiger partial charge in [0.1, 0.15) is 5.82 Å². The Bertz CT molecular complexity index is 803. The van der Waals surface area contributed by atoms with Gasteiger partial charge < -0.3 is 4.57 Å². The summed E-state index contributed by atoms with van der Waals surface area (Å²) in [5, 5.41) is 0.136. The third-order valence-corrected chi connectivity index (χ3v) is 6.28. The average Bonchev–Trinajstić information content (AvgIpc) is 2.90. The molecule has 8 heteroatoms. The van der Waals surface area contributed by atoms with Crippen LogP contribution in [0.1, 0.15) is 17.1 Å². The standard InChI is InChI=1S/C16H23N5O2S/c1-13-5-4-6-17-15(13)11-20-7-9-21(10-8-20)24(22,23)16-12-19(3)14(2)18-16/h4-6,12H,7-11H2,1-3H3. The Morgan fingerprint density at radius 3 is 2.46 bits per heavy atom. The van der Waals surface area contributed by atoms with Gasteiger partial charge in [-0.2, -0.15) is 4.31 Å². The number of nitrogens with zero attached hydrogens (tertiary/aromatic N) is 5. The van der Waals surface area contributed by atoms with E-state index >= 15 is 0 Å². The Kier molecular flexibility index (Phi) is 4.71. The van der Waals surface area contributed by atoms with Crippen LogP contribution in [0.5, 0.6) is 0 Å². The zero-order chi connectivity index (χ0) is 17.3. The molecule has 7 nitrogen and oxygen atoms in total. The minimum atomic E-state index is -3.51. The van der Waals surface area contributed by atoms with Crippen LogP contribution in [0.2, 0.25) is 0 Å². The Morgan fingerprint density at radius 1 is 1.17 bits per heavy atom. The fraction of sp³-hybridized carbons (Fsp3) is 0.500. The van der Waals surface area contributed by atoms with Gasteiger partial charge in [0, 0.05) is 52.2 Å². The van der Waals surface area contributed by atoms with Gasteiger partial charge in [0.25, 0.3) is 10.0 Å². The predicted molar refractivity (Wildman–Crippen MR) is 91.0 cm³/mol. The van der Waals surface area contributed by atoms with Crippen LogP contribution >= 0.6 is 0 Å². The van der Waals surface area contributed by atoms with Crippen molar-refractivity contribution in [3.63, 3.8) is 0 Å². The van der Waals surface area contributed by atoms with Crippen LogP contribution < -0.4 is 0 Å².